The standard InChI is InChI=1S/C21H25N3O4/c1-27-18-11-17(24-21(26)15-6-4-3-5-7-15)19(28-2)10-16(18)23-20(25)13-22-12-14-8-9-14/h3-7,10-11,14,22H,8-9,12-13H2,1-2H3,(H,23,25)(H,24,26). The molecule has 0 spiro atoms. The fraction of sp³-hybridized carbons (Fsp3) is 0.333. The first-order valence-corrected chi connectivity index (χ1v) is 9.23. The van der Waals surface area contributed by atoms with Crippen molar-refractivity contribution in [1.29, 1.82) is 0 Å². The maximum absolute atomic E-state index is 12.4. The number of nitrogens with one attached hydrogen (secondary N) is 3. The largest absolute Gasteiger partial charge is 0.494 e. The number of carbonyl (C=O) groups is 2. The highest BCUT2D eigenvalue weighted by Gasteiger charge is 2.21. The average molecular weight is 383 g/mol. The summed E-state index contributed by atoms with van der Waals surface area (Å²) >= 11 is 0. The zero-order chi connectivity index (χ0) is 19.9. The van der Waals surface area contributed by atoms with Crippen molar-refractivity contribution in [3.8, 4) is 11.5 Å². The highest BCUT2D eigenvalue weighted by Crippen LogP contribution is 2.36. The number of hydrogen-bond donors (Lipinski definition) is 3. The van der Waals surface area contributed by atoms with E-state index in [-0.39, 0.29) is 18.4 Å². The molecule has 148 valence electrons. The molecule has 0 bridgehead atoms. The van der Waals surface area contributed by atoms with E-state index < -0.39 is 0 Å². The Morgan fingerprint density at radius 2 is 1.57 bits per heavy atom. The molecule has 0 aliphatic heterocycles. The second kappa shape index (κ2) is 9.23. The molecule has 7 heteroatoms. The van der Waals surface area contributed by atoms with Gasteiger partial charge in [-0.2, -0.15) is 0 Å². The molecule has 0 atom stereocenters. The molecule has 7 nitrogen and oxygen atoms in total. The van der Waals surface area contributed by atoms with E-state index >= 15 is 0 Å². The normalized spacial score (nSPS) is 12.9. The topological polar surface area (TPSA) is 88.7 Å². The summed E-state index contributed by atoms with van der Waals surface area (Å²) in [6, 6.07) is 12.2. The van der Waals surface area contributed by atoms with E-state index in [1.807, 2.05) is 6.07 Å². The van der Waals surface area contributed by atoms with Crippen LogP contribution in [0.1, 0.15) is 23.2 Å². The second-order valence-electron chi connectivity index (χ2n) is 6.70. The molecule has 3 N–H and O–H groups in total. The van der Waals surface area contributed by atoms with Crippen molar-refractivity contribution in [3.05, 3.63) is 48.0 Å². The van der Waals surface area contributed by atoms with E-state index in [4.69, 9.17) is 9.47 Å². The Labute approximate surface area is 164 Å². The number of carbonyl (C=O) groups excluding carboxylic acids is 2. The van der Waals surface area contributed by atoms with Crippen LogP contribution in [0.2, 0.25) is 0 Å². The number of ether oxygens (including phenoxy) is 2. The van der Waals surface area contributed by atoms with Gasteiger partial charge in [-0.15, -0.1) is 0 Å². The SMILES string of the molecule is COc1cc(NC(=O)c2ccccc2)c(OC)cc1NC(=O)CNCC1CC1. The highest BCUT2D eigenvalue weighted by molar-refractivity contribution is 6.05. The van der Waals surface area contributed by atoms with Crippen LogP contribution in [-0.2, 0) is 4.79 Å². The van der Waals surface area contributed by atoms with Gasteiger partial charge in [-0.1, -0.05) is 18.2 Å². The second-order valence-corrected chi connectivity index (χ2v) is 6.70. The van der Waals surface area contributed by atoms with Crippen LogP contribution in [0.3, 0.4) is 0 Å². The third kappa shape index (κ3) is 5.23. The predicted molar refractivity (Wildman–Crippen MR) is 108 cm³/mol. The lowest BCUT2D eigenvalue weighted by atomic mass is 10.2. The number of methoxy groups -OCH3 is 2. The highest BCUT2D eigenvalue weighted by atomic mass is 16.5. The van der Waals surface area contributed by atoms with Crippen molar-refractivity contribution in [3.63, 3.8) is 0 Å². The molecule has 1 saturated carbocycles. The van der Waals surface area contributed by atoms with Gasteiger partial charge in [0, 0.05) is 17.7 Å². The predicted octanol–water partition coefficient (Wildman–Crippen LogP) is 2.89. The lowest BCUT2D eigenvalue weighted by Crippen LogP contribution is -2.29. The van der Waals surface area contributed by atoms with Crippen LogP contribution in [0, 0.1) is 5.92 Å². The molecule has 0 heterocycles. The third-order valence-corrected chi connectivity index (χ3v) is 4.50. The van der Waals surface area contributed by atoms with Crippen molar-refractivity contribution in [2.45, 2.75) is 12.8 Å². The Morgan fingerprint density at radius 1 is 0.964 bits per heavy atom. The summed E-state index contributed by atoms with van der Waals surface area (Å²) in [4.78, 5) is 24.6. The van der Waals surface area contributed by atoms with E-state index in [0.717, 1.165) is 6.54 Å². The molecule has 1 aliphatic rings. The van der Waals surface area contributed by atoms with E-state index in [1.165, 1.54) is 27.1 Å². The Bertz CT molecular complexity index is 835. The molecule has 2 amide bonds. The van der Waals surface area contributed by atoms with Crippen LogP contribution in [0.15, 0.2) is 42.5 Å². The van der Waals surface area contributed by atoms with Gasteiger partial charge in [-0.05, 0) is 37.4 Å². The van der Waals surface area contributed by atoms with Gasteiger partial charge in [-0.3, -0.25) is 9.59 Å². The Morgan fingerprint density at radius 3 is 2.14 bits per heavy atom. The van der Waals surface area contributed by atoms with E-state index in [0.29, 0.717) is 34.4 Å². The summed E-state index contributed by atoms with van der Waals surface area (Å²) < 4.78 is 10.8. The Balaban J connectivity index is 1.71. The fourth-order valence-electron chi connectivity index (χ4n) is 2.78. The molecular formula is C21H25N3O4. The first-order chi connectivity index (χ1) is 13.6. The number of hydrogen-bond acceptors (Lipinski definition) is 5. The minimum atomic E-state index is -0.262. The first-order valence-electron chi connectivity index (χ1n) is 9.23. The molecule has 2 aromatic carbocycles. The lowest BCUT2D eigenvalue weighted by molar-refractivity contribution is -0.115. The van der Waals surface area contributed by atoms with E-state index in [1.54, 1.807) is 36.4 Å². The Hall–Kier alpha value is -3.06. The fourth-order valence-corrected chi connectivity index (χ4v) is 2.78. The number of rotatable bonds is 9. The molecule has 0 aromatic heterocycles. The molecule has 3 rings (SSSR count). The summed E-state index contributed by atoms with van der Waals surface area (Å²) in [5.74, 6) is 1.13. The molecule has 0 radical (unpaired) electrons. The molecule has 0 saturated heterocycles. The van der Waals surface area contributed by atoms with Crippen molar-refractivity contribution >= 4 is 23.2 Å². The van der Waals surface area contributed by atoms with Gasteiger partial charge in [0.15, 0.2) is 0 Å². The first kappa shape index (κ1) is 19.7. The summed E-state index contributed by atoms with van der Waals surface area (Å²) in [7, 11) is 3.01. The molecule has 1 fully saturated rings. The quantitative estimate of drug-likeness (QED) is 0.620. The maximum Gasteiger partial charge on any atom is 0.255 e. The molecule has 0 unspecified atom stereocenters. The van der Waals surface area contributed by atoms with Crippen molar-refractivity contribution in [2.24, 2.45) is 5.92 Å². The van der Waals surface area contributed by atoms with Crippen LogP contribution in [-0.4, -0.2) is 39.1 Å². The molecule has 2 aromatic rings. The van der Waals surface area contributed by atoms with E-state index in [9.17, 15) is 9.59 Å². The van der Waals surface area contributed by atoms with Gasteiger partial charge < -0.3 is 25.4 Å². The van der Waals surface area contributed by atoms with Gasteiger partial charge in [-0.25, -0.2) is 0 Å². The third-order valence-electron chi connectivity index (χ3n) is 4.50. The molecule has 1 aliphatic carbocycles. The number of benzene rings is 2. The van der Waals surface area contributed by atoms with Gasteiger partial charge >= 0.3 is 0 Å². The van der Waals surface area contributed by atoms with Crippen LogP contribution in [0.4, 0.5) is 11.4 Å². The van der Waals surface area contributed by atoms with Gasteiger partial charge in [0.2, 0.25) is 5.91 Å². The average Bonchev–Trinajstić information content (AvgIpc) is 3.53. The smallest absolute Gasteiger partial charge is 0.255 e. The van der Waals surface area contributed by atoms with Crippen LogP contribution in [0.25, 0.3) is 0 Å². The summed E-state index contributed by atoms with van der Waals surface area (Å²) in [5, 5.41) is 8.79. The maximum atomic E-state index is 12.4. The van der Waals surface area contributed by atoms with Gasteiger partial charge in [0.25, 0.3) is 5.91 Å². The van der Waals surface area contributed by atoms with Crippen molar-refractivity contribution in [1.82, 2.24) is 5.32 Å². The molecule has 28 heavy (non-hydrogen) atoms. The zero-order valence-corrected chi connectivity index (χ0v) is 16.1. The number of amides is 2. The summed E-state index contributed by atoms with van der Waals surface area (Å²) in [6.45, 7) is 1.09. The summed E-state index contributed by atoms with van der Waals surface area (Å²) in [6.07, 6.45) is 2.46. The number of anilines is 2. The van der Waals surface area contributed by atoms with Gasteiger partial charge in [0.1, 0.15) is 11.5 Å². The minimum absolute atomic E-state index is 0.165. The Kier molecular flexibility index (Phi) is 6.49. The van der Waals surface area contributed by atoms with Gasteiger partial charge in [0.05, 0.1) is 32.1 Å². The van der Waals surface area contributed by atoms with Crippen LogP contribution in [0.5, 0.6) is 11.5 Å². The minimum Gasteiger partial charge on any atom is -0.494 e. The van der Waals surface area contributed by atoms with Crippen LogP contribution >= 0.6 is 0 Å². The monoisotopic (exact) mass is 383 g/mol. The summed E-state index contributed by atoms with van der Waals surface area (Å²) in [5.41, 5.74) is 1.47. The van der Waals surface area contributed by atoms with Crippen molar-refractivity contribution < 1.29 is 19.1 Å². The lowest BCUT2D eigenvalue weighted by Gasteiger charge is -2.16. The van der Waals surface area contributed by atoms with Crippen molar-refractivity contribution in [2.75, 3.05) is 37.9 Å². The molecular weight excluding hydrogens is 358 g/mol. The zero-order valence-electron chi connectivity index (χ0n) is 16.1. The van der Waals surface area contributed by atoms with E-state index in [2.05, 4.69) is 16.0 Å². The van der Waals surface area contributed by atoms with Crippen LogP contribution < -0.4 is 25.4 Å².